The van der Waals surface area contributed by atoms with Crippen LogP contribution in [0.4, 0.5) is 11.4 Å². The lowest BCUT2D eigenvalue weighted by atomic mass is 10.1. The molecule has 0 aliphatic heterocycles. The molecule has 0 saturated carbocycles. The van der Waals surface area contributed by atoms with Crippen LogP contribution in [0.25, 0.3) is 0 Å². The Balaban J connectivity index is 3.41. The van der Waals surface area contributed by atoms with Crippen LogP contribution < -0.4 is 5.73 Å². The van der Waals surface area contributed by atoms with Gasteiger partial charge in [0.15, 0.2) is 0 Å². The Morgan fingerprint density at radius 3 is 2.69 bits per heavy atom. The fourth-order valence-corrected chi connectivity index (χ4v) is 0.977. The average Bonchev–Trinajstić information content (AvgIpc) is 2.09. The minimum atomic E-state index is -0.548. The van der Waals surface area contributed by atoms with Crippen LogP contribution in [0.2, 0.25) is 0 Å². The van der Waals surface area contributed by atoms with Crippen molar-refractivity contribution in [3.8, 4) is 6.07 Å². The molecule has 0 aromatic heterocycles. The summed E-state index contributed by atoms with van der Waals surface area (Å²) in [6.07, 6.45) is 0. The predicted molar refractivity (Wildman–Crippen MR) is 47.0 cm³/mol. The number of hydrogen-bond acceptors (Lipinski definition) is 4. The van der Waals surface area contributed by atoms with Crippen LogP contribution in [0.1, 0.15) is 11.1 Å². The lowest BCUT2D eigenvalue weighted by Gasteiger charge is -2.01. The molecule has 0 fully saturated rings. The smallest absolute Gasteiger partial charge is 0.271 e. The molecule has 0 aliphatic carbocycles. The largest absolute Gasteiger partial charge is 0.397 e. The summed E-state index contributed by atoms with van der Waals surface area (Å²) in [5.41, 5.74) is 6.40. The van der Waals surface area contributed by atoms with E-state index in [0.717, 1.165) is 0 Å². The molecule has 13 heavy (non-hydrogen) atoms. The van der Waals surface area contributed by atoms with Crippen LogP contribution in [-0.2, 0) is 0 Å². The number of nitriles is 1. The van der Waals surface area contributed by atoms with Crippen molar-refractivity contribution in [2.75, 3.05) is 5.73 Å². The first-order chi connectivity index (χ1) is 6.06. The van der Waals surface area contributed by atoms with Crippen LogP contribution in [0, 0.1) is 28.4 Å². The monoisotopic (exact) mass is 177 g/mol. The number of nitrogens with zero attached hydrogens (tertiary/aromatic N) is 2. The van der Waals surface area contributed by atoms with Crippen molar-refractivity contribution in [2.45, 2.75) is 6.92 Å². The van der Waals surface area contributed by atoms with Crippen LogP contribution >= 0.6 is 0 Å². The summed E-state index contributed by atoms with van der Waals surface area (Å²) in [5, 5.41) is 19.0. The van der Waals surface area contributed by atoms with Gasteiger partial charge < -0.3 is 5.73 Å². The van der Waals surface area contributed by atoms with E-state index in [2.05, 4.69) is 0 Å². The highest BCUT2D eigenvalue weighted by Gasteiger charge is 2.11. The Hall–Kier alpha value is -2.09. The van der Waals surface area contributed by atoms with Gasteiger partial charge in [-0.15, -0.1) is 0 Å². The van der Waals surface area contributed by atoms with E-state index in [1.165, 1.54) is 12.1 Å². The van der Waals surface area contributed by atoms with Gasteiger partial charge in [-0.25, -0.2) is 0 Å². The van der Waals surface area contributed by atoms with Gasteiger partial charge in [0, 0.05) is 12.1 Å². The van der Waals surface area contributed by atoms with Gasteiger partial charge in [-0.2, -0.15) is 5.26 Å². The number of rotatable bonds is 1. The van der Waals surface area contributed by atoms with E-state index in [1.807, 2.05) is 0 Å². The molecule has 0 aliphatic rings. The highest BCUT2D eigenvalue weighted by atomic mass is 16.6. The van der Waals surface area contributed by atoms with Crippen molar-refractivity contribution in [1.29, 1.82) is 5.26 Å². The molecule has 0 heterocycles. The molecule has 1 aromatic rings. The Kier molecular flexibility index (Phi) is 2.15. The number of anilines is 1. The predicted octanol–water partition coefficient (Wildman–Crippen LogP) is 1.36. The molecule has 2 N–H and O–H groups in total. The lowest BCUT2D eigenvalue weighted by Crippen LogP contribution is -1.97. The second-order valence-corrected chi connectivity index (χ2v) is 2.59. The number of hydrogen-bond donors (Lipinski definition) is 1. The Bertz CT molecular complexity index is 407. The van der Waals surface area contributed by atoms with Crippen molar-refractivity contribution < 1.29 is 4.92 Å². The molecular formula is C8H7N3O2. The first-order valence-corrected chi connectivity index (χ1v) is 3.51. The standard InChI is InChI=1S/C8H7N3O2/c1-5-2-7(11(12)13)3-6(4-9)8(5)10/h2-3H,10H2,1H3. The summed E-state index contributed by atoms with van der Waals surface area (Å²) in [4.78, 5) is 9.84. The molecule has 1 rings (SSSR count). The minimum absolute atomic E-state index is 0.108. The molecule has 0 unspecified atom stereocenters. The minimum Gasteiger partial charge on any atom is -0.397 e. The molecule has 0 spiro atoms. The van der Waals surface area contributed by atoms with E-state index in [-0.39, 0.29) is 11.3 Å². The van der Waals surface area contributed by atoms with E-state index >= 15 is 0 Å². The summed E-state index contributed by atoms with van der Waals surface area (Å²) in [5.74, 6) is 0. The third kappa shape index (κ3) is 1.56. The summed E-state index contributed by atoms with van der Waals surface area (Å²) >= 11 is 0. The molecule has 66 valence electrons. The van der Waals surface area contributed by atoms with E-state index in [1.54, 1.807) is 13.0 Å². The number of benzene rings is 1. The molecule has 5 heteroatoms. The van der Waals surface area contributed by atoms with E-state index in [0.29, 0.717) is 11.3 Å². The summed E-state index contributed by atoms with van der Waals surface area (Å²) < 4.78 is 0. The summed E-state index contributed by atoms with van der Waals surface area (Å²) in [7, 11) is 0. The maximum atomic E-state index is 10.4. The second kappa shape index (κ2) is 3.11. The van der Waals surface area contributed by atoms with E-state index in [9.17, 15) is 10.1 Å². The van der Waals surface area contributed by atoms with Crippen LogP contribution in [0.5, 0.6) is 0 Å². The lowest BCUT2D eigenvalue weighted by molar-refractivity contribution is -0.384. The number of nitro groups is 1. The molecule has 5 nitrogen and oxygen atoms in total. The van der Waals surface area contributed by atoms with Crippen LogP contribution in [-0.4, -0.2) is 4.92 Å². The van der Waals surface area contributed by atoms with E-state index < -0.39 is 4.92 Å². The van der Waals surface area contributed by atoms with Crippen molar-refractivity contribution in [1.82, 2.24) is 0 Å². The van der Waals surface area contributed by atoms with Gasteiger partial charge >= 0.3 is 0 Å². The fourth-order valence-electron chi connectivity index (χ4n) is 0.977. The molecule has 0 atom stereocenters. The van der Waals surface area contributed by atoms with Gasteiger partial charge in [0.1, 0.15) is 6.07 Å². The molecule has 0 amide bonds. The van der Waals surface area contributed by atoms with Gasteiger partial charge in [-0.1, -0.05) is 0 Å². The van der Waals surface area contributed by atoms with Crippen molar-refractivity contribution in [2.24, 2.45) is 0 Å². The zero-order valence-corrected chi connectivity index (χ0v) is 6.94. The first-order valence-electron chi connectivity index (χ1n) is 3.51. The zero-order valence-electron chi connectivity index (χ0n) is 6.94. The number of aryl methyl sites for hydroxylation is 1. The quantitative estimate of drug-likeness (QED) is 0.398. The second-order valence-electron chi connectivity index (χ2n) is 2.59. The third-order valence-electron chi connectivity index (χ3n) is 1.70. The molecule has 1 aromatic carbocycles. The molecule has 0 saturated heterocycles. The molecular weight excluding hydrogens is 170 g/mol. The molecule has 0 radical (unpaired) electrons. The van der Waals surface area contributed by atoms with Crippen molar-refractivity contribution in [3.05, 3.63) is 33.4 Å². The number of nitrogen functional groups attached to an aromatic ring is 1. The van der Waals surface area contributed by atoms with Gasteiger partial charge in [-0.05, 0) is 12.5 Å². The maximum Gasteiger partial charge on any atom is 0.271 e. The Labute approximate surface area is 74.5 Å². The average molecular weight is 177 g/mol. The summed E-state index contributed by atoms with van der Waals surface area (Å²) in [6.45, 7) is 1.63. The Morgan fingerprint density at radius 1 is 1.62 bits per heavy atom. The fraction of sp³-hybridized carbons (Fsp3) is 0.125. The van der Waals surface area contributed by atoms with Gasteiger partial charge in [0.25, 0.3) is 5.69 Å². The summed E-state index contributed by atoms with van der Waals surface area (Å²) in [6, 6.07) is 4.31. The van der Waals surface area contributed by atoms with Crippen LogP contribution in [0.3, 0.4) is 0 Å². The maximum absolute atomic E-state index is 10.4. The normalized spacial score (nSPS) is 9.23. The van der Waals surface area contributed by atoms with E-state index in [4.69, 9.17) is 11.0 Å². The first kappa shape index (κ1) is 9.00. The van der Waals surface area contributed by atoms with Gasteiger partial charge in [-0.3, -0.25) is 10.1 Å². The van der Waals surface area contributed by atoms with Crippen LogP contribution in [0.15, 0.2) is 12.1 Å². The third-order valence-corrected chi connectivity index (χ3v) is 1.70. The number of nitro benzene ring substituents is 1. The topological polar surface area (TPSA) is 93.0 Å². The highest BCUT2D eigenvalue weighted by molar-refractivity contribution is 5.63. The molecule has 0 bridgehead atoms. The zero-order chi connectivity index (χ0) is 10.0. The van der Waals surface area contributed by atoms with Gasteiger partial charge in [0.05, 0.1) is 16.2 Å². The van der Waals surface area contributed by atoms with Crippen molar-refractivity contribution in [3.63, 3.8) is 0 Å². The van der Waals surface area contributed by atoms with Crippen molar-refractivity contribution >= 4 is 11.4 Å². The number of nitrogens with two attached hydrogens (primary N) is 1. The van der Waals surface area contributed by atoms with Gasteiger partial charge in [0.2, 0.25) is 0 Å². The number of non-ortho nitro benzene ring substituents is 1. The SMILES string of the molecule is Cc1cc([N+](=O)[O-])cc(C#N)c1N. The Morgan fingerprint density at radius 2 is 2.23 bits per heavy atom. The highest BCUT2D eigenvalue weighted by Crippen LogP contribution is 2.23.